The molecule has 0 spiro atoms. The molecule has 2 amide bonds. The summed E-state index contributed by atoms with van der Waals surface area (Å²) in [6.45, 7) is 0.435. The highest BCUT2D eigenvalue weighted by Crippen LogP contribution is 2.29. The van der Waals surface area contributed by atoms with Crippen LogP contribution in [0.15, 0.2) is 36.4 Å². The second-order valence-electron chi connectivity index (χ2n) is 6.85. The molecule has 0 aromatic heterocycles. The summed E-state index contributed by atoms with van der Waals surface area (Å²) in [4.78, 5) is 26.4. The predicted molar refractivity (Wildman–Crippen MR) is 112 cm³/mol. The molecular weight excluding hydrogens is 404 g/mol. The van der Waals surface area contributed by atoms with Crippen LogP contribution < -0.4 is 24.3 Å². The molecule has 0 aliphatic carbocycles. The molecule has 0 unspecified atom stereocenters. The zero-order chi connectivity index (χ0) is 22.4. The van der Waals surface area contributed by atoms with Crippen molar-refractivity contribution >= 4 is 12.0 Å². The third kappa shape index (κ3) is 5.11. The smallest absolute Gasteiger partial charge is 0.410 e. The van der Waals surface area contributed by atoms with E-state index in [9.17, 15) is 9.59 Å². The van der Waals surface area contributed by atoms with Gasteiger partial charge in [-0.25, -0.2) is 4.79 Å². The third-order valence-corrected chi connectivity index (χ3v) is 4.96. The van der Waals surface area contributed by atoms with Crippen LogP contribution in [0.25, 0.3) is 0 Å². The minimum Gasteiger partial charge on any atom is -0.497 e. The molecule has 1 saturated heterocycles. The zero-order valence-corrected chi connectivity index (χ0v) is 18.0. The van der Waals surface area contributed by atoms with Gasteiger partial charge in [0.05, 0.1) is 35.0 Å². The van der Waals surface area contributed by atoms with Crippen LogP contribution in [0.4, 0.5) is 4.79 Å². The summed E-state index contributed by atoms with van der Waals surface area (Å²) in [7, 11) is 6.21. The lowest BCUT2D eigenvalue weighted by Gasteiger charge is -2.21. The Balaban J connectivity index is 1.69. The number of carbonyl (C=O) groups is 2. The zero-order valence-electron chi connectivity index (χ0n) is 18.0. The lowest BCUT2D eigenvalue weighted by atomic mass is 10.1. The Morgan fingerprint density at radius 2 is 1.65 bits per heavy atom. The largest absolute Gasteiger partial charge is 0.497 e. The maximum absolute atomic E-state index is 12.8. The molecule has 166 valence electrons. The van der Waals surface area contributed by atoms with E-state index in [1.807, 2.05) is 6.07 Å². The molecule has 2 aromatic rings. The van der Waals surface area contributed by atoms with Crippen LogP contribution in [-0.4, -0.2) is 58.0 Å². The van der Waals surface area contributed by atoms with E-state index in [-0.39, 0.29) is 25.6 Å². The molecule has 1 heterocycles. The van der Waals surface area contributed by atoms with Gasteiger partial charge in [0.2, 0.25) is 5.91 Å². The number of hydrogen-bond acceptors (Lipinski definition) is 7. The van der Waals surface area contributed by atoms with Crippen molar-refractivity contribution in [2.75, 3.05) is 35.0 Å². The number of nitrogens with zero attached hydrogens (tertiary/aromatic N) is 1. The van der Waals surface area contributed by atoms with Gasteiger partial charge in [-0.2, -0.15) is 0 Å². The van der Waals surface area contributed by atoms with Crippen LogP contribution >= 0.6 is 0 Å². The van der Waals surface area contributed by atoms with Gasteiger partial charge in [0.25, 0.3) is 0 Å². The number of hydrogen-bond donors (Lipinski definition) is 1. The molecule has 1 N–H and O–H groups in total. The first kappa shape index (κ1) is 22.1. The number of benzene rings is 2. The first-order valence-electron chi connectivity index (χ1n) is 9.63. The van der Waals surface area contributed by atoms with E-state index in [4.69, 9.17) is 23.7 Å². The second-order valence-corrected chi connectivity index (χ2v) is 6.85. The number of methoxy groups -OCH3 is 4. The normalized spacial score (nSPS) is 15.3. The van der Waals surface area contributed by atoms with Gasteiger partial charge in [-0.15, -0.1) is 0 Å². The molecule has 3 rings (SSSR count). The highest BCUT2D eigenvalue weighted by molar-refractivity contribution is 5.87. The van der Waals surface area contributed by atoms with Crippen molar-refractivity contribution in [2.45, 2.75) is 19.1 Å². The molecule has 1 aliphatic rings. The minimum absolute atomic E-state index is 0.0145. The van der Waals surface area contributed by atoms with Crippen molar-refractivity contribution in [2.24, 2.45) is 0 Å². The number of rotatable bonds is 9. The van der Waals surface area contributed by atoms with Crippen LogP contribution in [0.2, 0.25) is 0 Å². The summed E-state index contributed by atoms with van der Waals surface area (Å²) in [5.41, 5.74) is 1.59. The fourth-order valence-electron chi connectivity index (χ4n) is 3.29. The van der Waals surface area contributed by atoms with Gasteiger partial charge in [-0.1, -0.05) is 6.07 Å². The Hall–Kier alpha value is -3.62. The molecular formula is C22H26N2O7. The molecule has 1 aliphatic heterocycles. The average molecular weight is 430 g/mol. The number of ether oxygens (including phenoxy) is 5. The average Bonchev–Trinajstić information content (AvgIpc) is 3.16. The summed E-state index contributed by atoms with van der Waals surface area (Å²) in [5.74, 6) is 2.06. The molecule has 0 bridgehead atoms. The van der Waals surface area contributed by atoms with E-state index in [0.29, 0.717) is 23.0 Å². The van der Waals surface area contributed by atoms with Crippen molar-refractivity contribution in [1.82, 2.24) is 10.2 Å². The summed E-state index contributed by atoms with van der Waals surface area (Å²) in [5, 5.41) is 2.85. The number of nitrogens with one attached hydrogen (secondary N) is 1. The van der Waals surface area contributed by atoms with Gasteiger partial charge in [-0.05, 0) is 35.4 Å². The predicted octanol–water partition coefficient (Wildman–Crippen LogP) is 2.36. The van der Waals surface area contributed by atoms with Gasteiger partial charge < -0.3 is 29.0 Å². The molecule has 9 nitrogen and oxygen atoms in total. The van der Waals surface area contributed by atoms with Crippen LogP contribution in [-0.2, 0) is 22.6 Å². The van der Waals surface area contributed by atoms with Gasteiger partial charge in [0, 0.05) is 12.6 Å². The second kappa shape index (κ2) is 9.92. The van der Waals surface area contributed by atoms with Crippen molar-refractivity contribution in [1.29, 1.82) is 0 Å². The summed E-state index contributed by atoms with van der Waals surface area (Å²) in [6, 6.07) is 9.95. The standard InChI is InChI=1S/C22H26N2O7/c1-27-16-7-15(8-17(10-16)28-2)11-23-21(25)18-13-31-22(26)24(18)12-14-5-6-19(29-3)20(9-14)30-4/h5-10,18H,11-13H2,1-4H3,(H,23,25)/t18-/m0/s1. The fraction of sp³-hybridized carbons (Fsp3) is 0.364. The first-order valence-corrected chi connectivity index (χ1v) is 9.63. The quantitative estimate of drug-likeness (QED) is 0.652. The van der Waals surface area contributed by atoms with Gasteiger partial charge in [0.1, 0.15) is 24.1 Å². The summed E-state index contributed by atoms with van der Waals surface area (Å²) in [6.07, 6.45) is -0.544. The van der Waals surface area contributed by atoms with Crippen LogP contribution in [0.3, 0.4) is 0 Å². The highest BCUT2D eigenvalue weighted by Gasteiger charge is 2.38. The molecule has 1 atom stereocenters. The van der Waals surface area contributed by atoms with E-state index < -0.39 is 12.1 Å². The van der Waals surface area contributed by atoms with Crippen LogP contribution in [0, 0.1) is 0 Å². The number of amides is 2. The lowest BCUT2D eigenvalue weighted by molar-refractivity contribution is -0.125. The topological polar surface area (TPSA) is 95.6 Å². The van der Waals surface area contributed by atoms with E-state index >= 15 is 0 Å². The van der Waals surface area contributed by atoms with Crippen molar-refractivity contribution in [3.8, 4) is 23.0 Å². The molecule has 0 radical (unpaired) electrons. The maximum Gasteiger partial charge on any atom is 0.410 e. The van der Waals surface area contributed by atoms with Crippen LogP contribution in [0.5, 0.6) is 23.0 Å². The Morgan fingerprint density at radius 3 is 2.26 bits per heavy atom. The van der Waals surface area contributed by atoms with Crippen LogP contribution in [0.1, 0.15) is 11.1 Å². The Morgan fingerprint density at radius 1 is 0.968 bits per heavy atom. The van der Waals surface area contributed by atoms with Gasteiger partial charge >= 0.3 is 6.09 Å². The molecule has 2 aromatic carbocycles. The summed E-state index contributed by atoms with van der Waals surface area (Å²) < 4.78 is 26.2. The minimum atomic E-state index is -0.743. The maximum atomic E-state index is 12.8. The lowest BCUT2D eigenvalue weighted by Crippen LogP contribution is -2.45. The Kier molecular flexibility index (Phi) is 7.07. The Labute approximate surface area is 180 Å². The highest BCUT2D eigenvalue weighted by atomic mass is 16.6. The Bertz CT molecular complexity index is 925. The monoisotopic (exact) mass is 430 g/mol. The molecule has 0 saturated carbocycles. The third-order valence-electron chi connectivity index (χ3n) is 4.96. The van der Waals surface area contributed by atoms with Gasteiger partial charge in [0.15, 0.2) is 11.5 Å². The first-order chi connectivity index (χ1) is 15.0. The van der Waals surface area contributed by atoms with E-state index in [1.54, 1.807) is 51.7 Å². The number of carbonyl (C=O) groups excluding carboxylic acids is 2. The molecule has 1 fully saturated rings. The van der Waals surface area contributed by atoms with E-state index in [2.05, 4.69) is 5.32 Å². The van der Waals surface area contributed by atoms with E-state index in [1.165, 1.54) is 12.0 Å². The fourth-order valence-corrected chi connectivity index (χ4v) is 3.29. The molecule has 9 heteroatoms. The molecule has 31 heavy (non-hydrogen) atoms. The SMILES string of the molecule is COc1cc(CNC(=O)[C@@H]2COC(=O)N2Cc2ccc(OC)c(OC)c2)cc(OC)c1. The van der Waals surface area contributed by atoms with E-state index in [0.717, 1.165) is 11.1 Å². The van der Waals surface area contributed by atoms with Crippen molar-refractivity contribution in [3.05, 3.63) is 47.5 Å². The van der Waals surface area contributed by atoms with Crippen molar-refractivity contribution in [3.63, 3.8) is 0 Å². The van der Waals surface area contributed by atoms with Crippen molar-refractivity contribution < 1.29 is 33.3 Å². The summed E-state index contributed by atoms with van der Waals surface area (Å²) >= 11 is 0. The number of cyclic esters (lactones) is 1. The van der Waals surface area contributed by atoms with Gasteiger partial charge in [-0.3, -0.25) is 9.69 Å².